The van der Waals surface area contributed by atoms with E-state index in [9.17, 15) is 9.59 Å². The molecule has 1 aliphatic rings. The molecule has 0 saturated carbocycles. The number of rotatable bonds is 5. The zero-order valence-electron chi connectivity index (χ0n) is 14.7. The molecule has 2 amide bonds. The number of hydrogen-bond acceptors (Lipinski definition) is 4. The number of fused-ring (bicyclic) bond motifs is 1. The molecular weight excluding hydrogens is 366 g/mol. The van der Waals surface area contributed by atoms with Gasteiger partial charge in [0.25, 0.3) is 5.91 Å². The maximum atomic E-state index is 12.4. The topological polar surface area (TPSA) is 82.4 Å². The first kappa shape index (κ1) is 18.7. The van der Waals surface area contributed by atoms with Crippen molar-refractivity contribution in [2.75, 3.05) is 17.8 Å². The number of hydrogen-bond donors (Lipinski definition) is 1. The average molecular weight is 384 g/mol. The molecule has 0 bridgehead atoms. The summed E-state index contributed by atoms with van der Waals surface area (Å²) in [5.74, 6) is 0.0590. The predicted molar refractivity (Wildman–Crippen MR) is 101 cm³/mol. The standard InChI is InChI=1S/C20H18ClN3O3/c1-13(16-6-7-18-17(8-16)23-19(25)12-27-18)24(20(26)9-21)11-15-4-2-14(10-22)3-5-15/h2-8,13H,9,11-12H2,1H3,(H,23,25). The lowest BCUT2D eigenvalue weighted by molar-refractivity contribution is -0.131. The van der Waals surface area contributed by atoms with Crippen molar-refractivity contribution in [3.63, 3.8) is 0 Å². The summed E-state index contributed by atoms with van der Waals surface area (Å²) in [5, 5.41) is 11.7. The predicted octanol–water partition coefficient (Wildman–Crippen LogP) is 3.22. The fraction of sp³-hybridized carbons (Fsp3) is 0.250. The molecule has 6 nitrogen and oxygen atoms in total. The van der Waals surface area contributed by atoms with E-state index in [1.807, 2.05) is 31.2 Å². The van der Waals surface area contributed by atoms with Gasteiger partial charge in [-0.3, -0.25) is 9.59 Å². The molecule has 0 spiro atoms. The van der Waals surface area contributed by atoms with Crippen LogP contribution < -0.4 is 10.1 Å². The number of alkyl halides is 1. The van der Waals surface area contributed by atoms with Crippen LogP contribution in [0.4, 0.5) is 5.69 Å². The third-order valence-corrected chi connectivity index (χ3v) is 4.69. The maximum absolute atomic E-state index is 12.4. The number of halogens is 1. The van der Waals surface area contributed by atoms with Crippen LogP contribution in [0, 0.1) is 11.3 Å². The summed E-state index contributed by atoms with van der Waals surface area (Å²) in [7, 11) is 0. The fourth-order valence-electron chi connectivity index (χ4n) is 2.94. The molecule has 1 atom stereocenters. The van der Waals surface area contributed by atoms with Gasteiger partial charge in [0.05, 0.1) is 23.4 Å². The average Bonchev–Trinajstić information content (AvgIpc) is 2.70. The maximum Gasteiger partial charge on any atom is 0.262 e. The normalized spacial score (nSPS) is 13.6. The molecule has 1 aliphatic heterocycles. The van der Waals surface area contributed by atoms with Gasteiger partial charge in [-0.2, -0.15) is 5.26 Å². The van der Waals surface area contributed by atoms with E-state index in [2.05, 4.69) is 11.4 Å². The van der Waals surface area contributed by atoms with Crippen molar-refractivity contribution in [3.05, 3.63) is 59.2 Å². The Kier molecular flexibility index (Phi) is 5.63. The molecule has 7 heteroatoms. The van der Waals surface area contributed by atoms with Crippen LogP contribution in [-0.4, -0.2) is 29.2 Å². The Bertz CT molecular complexity index is 906. The lowest BCUT2D eigenvalue weighted by Crippen LogP contribution is -2.34. The Balaban J connectivity index is 1.86. The lowest BCUT2D eigenvalue weighted by Gasteiger charge is -2.30. The van der Waals surface area contributed by atoms with Crippen molar-refractivity contribution in [1.82, 2.24) is 4.90 Å². The number of nitrogens with zero attached hydrogens (tertiary/aromatic N) is 2. The van der Waals surface area contributed by atoms with Gasteiger partial charge < -0.3 is 15.0 Å². The summed E-state index contributed by atoms with van der Waals surface area (Å²) in [5.41, 5.74) is 2.90. The molecule has 3 rings (SSSR count). The second-order valence-electron chi connectivity index (χ2n) is 6.23. The van der Waals surface area contributed by atoms with Gasteiger partial charge in [0.2, 0.25) is 5.91 Å². The van der Waals surface area contributed by atoms with Gasteiger partial charge in [-0.25, -0.2) is 0 Å². The lowest BCUT2D eigenvalue weighted by atomic mass is 10.0. The SMILES string of the molecule is CC(c1ccc2c(c1)NC(=O)CO2)N(Cc1ccc(C#N)cc1)C(=O)CCl. The molecule has 1 N–H and O–H groups in total. The van der Waals surface area contributed by atoms with E-state index in [-0.39, 0.29) is 30.3 Å². The molecule has 0 saturated heterocycles. The quantitative estimate of drug-likeness (QED) is 0.803. The van der Waals surface area contributed by atoms with Crippen molar-refractivity contribution >= 4 is 29.1 Å². The molecule has 27 heavy (non-hydrogen) atoms. The first-order chi connectivity index (χ1) is 13.0. The fourth-order valence-corrected chi connectivity index (χ4v) is 3.09. The van der Waals surface area contributed by atoms with Crippen LogP contribution in [0.2, 0.25) is 0 Å². The van der Waals surface area contributed by atoms with E-state index >= 15 is 0 Å². The number of nitrogens with one attached hydrogen (secondary N) is 1. The van der Waals surface area contributed by atoms with Crippen LogP contribution >= 0.6 is 11.6 Å². The number of ether oxygens (including phenoxy) is 1. The van der Waals surface area contributed by atoms with Crippen molar-refractivity contribution < 1.29 is 14.3 Å². The molecule has 1 heterocycles. The highest BCUT2D eigenvalue weighted by molar-refractivity contribution is 6.27. The number of amides is 2. The zero-order valence-corrected chi connectivity index (χ0v) is 15.5. The van der Waals surface area contributed by atoms with Crippen LogP contribution in [0.15, 0.2) is 42.5 Å². The van der Waals surface area contributed by atoms with Crippen LogP contribution in [0.25, 0.3) is 0 Å². The Morgan fingerprint density at radius 2 is 2.07 bits per heavy atom. The van der Waals surface area contributed by atoms with E-state index in [1.165, 1.54) is 0 Å². The zero-order chi connectivity index (χ0) is 19.4. The first-order valence-corrected chi connectivity index (χ1v) is 8.96. The number of carbonyl (C=O) groups excluding carboxylic acids is 2. The minimum Gasteiger partial charge on any atom is -0.482 e. The van der Waals surface area contributed by atoms with Gasteiger partial charge in [0.15, 0.2) is 6.61 Å². The number of anilines is 1. The first-order valence-electron chi connectivity index (χ1n) is 8.43. The number of carbonyl (C=O) groups is 2. The van der Waals surface area contributed by atoms with Crippen LogP contribution in [-0.2, 0) is 16.1 Å². The van der Waals surface area contributed by atoms with Crippen LogP contribution in [0.1, 0.15) is 29.7 Å². The van der Waals surface area contributed by atoms with Gasteiger partial charge in [-0.05, 0) is 42.3 Å². The van der Waals surface area contributed by atoms with Crippen LogP contribution in [0.5, 0.6) is 5.75 Å². The van der Waals surface area contributed by atoms with Gasteiger partial charge in [0.1, 0.15) is 11.6 Å². The molecule has 0 radical (unpaired) electrons. The summed E-state index contributed by atoms with van der Waals surface area (Å²) < 4.78 is 5.38. The molecule has 0 aliphatic carbocycles. The van der Waals surface area contributed by atoms with Gasteiger partial charge >= 0.3 is 0 Å². The second-order valence-corrected chi connectivity index (χ2v) is 6.50. The number of nitriles is 1. The van der Waals surface area contributed by atoms with Crippen LogP contribution in [0.3, 0.4) is 0 Å². The summed E-state index contributed by atoms with van der Waals surface area (Å²) in [4.78, 5) is 25.7. The molecule has 0 aromatic heterocycles. The van der Waals surface area contributed by atoms with E-state index in [0.29, 0.717) is 23.5 Å². The highest BCUT2D eigenvalue weighted by Crippen LogP contribution is 2.32. The molecule has 0 fully saturated rings. The summed E-state index contributed by atoms with van der Waals surface area (Å²) >= 11 is 5.82. The van der Waals surface area contributed by atoms with Gasteiger partial charge in [0, 0.05) is 6.54 Å². The smallest absolute Gasteiger partial charge is 0.262 e. The molecule has 2 aromatic rings. The Labute approximate surface area is 162 Å². The summed E-state index contributed by atoms with van der Waals surface area (Å²) in [6, 6.07) is 14.3. The summed E-state index contributed by atoms with van der Waals surface area (Å²) in [6.07, 6.45) is 0. The third kappa shape index (κ3) is 4.21. The monoisotopic (exact) mass is 383 g/mol. The van der Waals surface area contributed by atoms with E-state index < -0.39 is 0 Å². The van der Waals surface area contributed by atoms with Gasteiger partial charge in [-0.1, -0.05) is 18.2 Å². The molecular formula is C20H18ClN3O3. The molecule has 1 unspecified atom stereocenters. The molecule has 2 aromatic carbocycles. The van der Waals surface area contributed by atoms with E-state index in [0.717, 1.165) is 11.1 Å². The Morgan fingerprint density at radius 3 is 2.74 bits per heavy atom. The summed E-state index contributed by atoms with van der Waals surface area (Å²) in [6.45, 7) is 2.26. The van der Waals surface area contributed by atoms with Crippen molar-refractivity contribution in [3.8, 4) is 11.8 Å². The largest absolute Gasteiger partial charge is 0.482 e. The van der Waals surface area contributed by atoms with Gasteiger partial charge in [-0.15, -0.1) is 11.6 Å². The van der Waals surface area contributed by atoms with E-state index in [1.54, 1.807) is 23.1 Å². The van der Waals surface area contributed by atoms with Crippen molar-refractivity contribution in [2.45, 2.75) is 19.5 Å². The number of benzene rings is 2. The second kappa shape index (κ2) is 8.11. The van der Waals surface area contributed by atoms with Crippen molar-refractivity contribution in [1.29, 1.82) is 5.26 Å². The highest BCUT2D eigenvalue weighted by atomic mass is 35.5. The minimum absolute atomic E-state index is 0.00253. The Hall–Kier alpha value is -3.04. The Morgan fingerprint density at radius 1 is 1.33 bits per heavy atom. The minimum atomic E-state index is -0.268. The van der Waals surface area contributed by atoms with Crippen molar-refractivity contribution in [2.24, 2.45) is 0 Å². The molecule has 138 valence electrons. The third-order valence-electron chi connectivity index (χ3n) is 4.46. The highest BCUT2D eigenvalue weighted by Gasteiger charge is 2.23. The van der Waals surface area contributed by atoms with E-state index in [4.69, 9.17) is 21.6 Å².